The van der Waals surface area contributed by atoms with Crippen LogP contribution in [0.2, 0.25) is 0 Å². The maximum Gasteiger partial charge on any atom is 0.267 e. The SMILES string of the molecule is COc1ccc(NC(=O)c2sc(Nc3ccc(C)cc3)nc2C)cc1. The van der Waals surface area contributed by atoms with Gasteiger partial charge >= 0.3 is 0 Å². The van der Waals surface area contributed by atoms with E-state index in [2.05, 4.69) is 15.6 Å². The monoisotopic (exact) mass is 353 g/mol. The van der Waals surface area contributed by atoms with Gasteiger partial charge in [0.2, 0.25) is 0 Å². The van der Waals surface area contributed by atoms with Crippen LogP contribution < -0.4 is 15.4 Å². The second kappa shape index (κ2) is 7.36. The maximum atomic E-state index is 12.5. The first-order chi connectivity index (χ1) is 12.0. The Morgan fingerprint density at radius 1 is 1.00 bits per heavy atom. The van der Waals surface area contributed by atoms with Crippen molar-refractivity contribution in [3.63, 3.8) is 0 Å². The molecule has 0 bridgehead atoms. The van der Waals surface area contributed by atoms with Crippen LogP contribution >= 0.6 is 11.3 Å². The molecule has 0 saturated heterocycles. The molecular weight excluding hydrogens is 334 g/mol. The van der Waals surface area contributed by atoms with Crippen LogP contribution in [0, 0.1) is 13.8 Å². The van der Waals surface area contributed by atoms with E-state index in [1.165, 1.54) is 16.9 Å². The number of rotatable bonds is 5. The summed E-state index contributed by atoms with van der Waals surface area (Å²) in [6, 6.07) is 15.3. The Bertz CT molecular complexity index is 871. The van der Waals surface area contributed by atoms with E-state index in [-0.39, 0.29) is 5.91 Å². The molecule has 0 unspecified atom stereocenters. The third-order valence-corrected chi connectivity index (χ3v) is 4.73. The van der Waals surface area contributed by atoms with Crippen LogP contribution in [0.3, 0.4) is 0 Å². The Morgan fingerprint density at radius 3 is 2.28 bits per heavy atom. The first-order valence-corrected chi connectivity index (χ1v) is 8.63. The molecule has 5 nitrogen and oxygen atoms in total. The van der Waals surface area contributed by atoms with Crippen LogP contribution in [-0.4, -0.2) is 18.0 Å². The molecular formula is C19H19N3O2S. The second-order valence-electron chi connectivity index (χ2n) is 5.61. The molecule has 1 heterocycles. The predicted octanol–water partition coefficient (Wildman–Crippen LogP) is 4.76. The number of hydrogen-bond acceptors (Lipinski definition) is 5. The summed E-state index contributed by atoms with van der Waals surface area (Å²) in [7, 11) is 1.61. The van der Waals surface area contributed by atoms with E-state index in [9.17, 15) is 4.79 Å². The van der Waals surface area contributed by atoms with E-state index < -0.39 is 0 Å². The number of carbonyl (C=O) groups is 1. The summed E-state index contributed by atoms with van der Waals surface area (Å²) < 4.78 is 5.12. The van der Waals surface area contributed by atoms with E-state index in [0.717, 1.165) is 11.4 Å². The molecule has 0 aliphatic rings. The van der Waals surface area contributed by atoms with Crippen molar-refractivity contribution < 1.29 is 9.53 Å². The fourth-order valence-electron chi connectivity index (χ4n) is 2.28. The Labute approximate surface area is 150 Å². The van der Waals surface area contributed by atoms with Gasteiger partial charge in [-0.3, -0.25) is 4.79 Å². The second-order valence-corrected chi connectivity index (χ2v) is 6.61. The molecule has 0 aliphatic heterocycles. The van der Waals surface area contributed by atoms with Crippen molar-refractivity contribution in [2.45, 2.75) is 13.8 Å². The molecule has 128 valence electrons. The standard InChI is InChI=1S/C19H19N3O2S/c1-12-4-6-15(7-5-12)22-19-20-13(2)17(25-19)18(23)21-14-8-10-16(24-3)11-9-14/h4-11H,1-3H3,(H,20,22)(H,21,23). The van der Waals surface area contributed by atoms with Crippen molar-refractivity contribution >= 4 is 33.8 Å². The molecule has 2 aromatic carbocycles. The number of benzene rings is 2. The Morgan fingerprint density at radius 2 is 1.64 bits per heavy atom. The summed E-state index contributed by atoms with van der Waals surface area (Å²) in [5.74, 6) is 0.577. The summed E-state index contributed by atoms with van der Waals surface area (Å²) in [5, 5.41) is 6.82. The van der Waals surface area contributed by atoms with E-state index in [1.54, 1.807) is 31.4 Å². The topological polar surface area (TPSA) is 63.2 Å². The average Bonchev–Trinajstić information content (AvgIpc) is 2.98. The van der Waals surface area contributed by atoms with Crippen molar-refractivity contribution in [1.82, 2.24) is 4.98 Å². The van der Waals surface area contributed by atoms with Gasteiger partial charge in [-0.05, 0) is 50.2 Å². The van der Waals surface area contributed by atoms with Gasteiger partial charge in [-0.2, -0.15) is 0 Å². The van der Waals surface area contributed by atoms with Crippen molar-refractivity contribution in [2.24, 2.45) is 0 Å². The molecule has 25 heavy (non-hydrogen) atoms. The molecule has 0 saturated carbocycles. The zero-order chi connectivity index (χ0) is 17.8. The van der Waals surface area contributed by atoms with Gasteiger partial charge in [0.15, 0.2) is 5.13 Å². The molecule has 0 spiro atoms. The molecule has 0 aliphatic carbocycles. The van der Waals surface area contributed by atoms with Crippen LogP contribution in [0.5, 0.6) is 5.75 Å². The average molecular weight is 353 g/mol. The normalized spacial score (nSPS) is 10.4. The summed E-state index contributed by atoms with van der Waals surface area (Å²) >= 11 is 1.33. The third kappa shape index (κ3) is 4.16. The number of nitrogens with one attached hydrogen (secondary N) is 2. The molecule has 0 fully saturated rings. The van der Waals surface area contributed by atoms with E-state index in [1.807, 2.05) is 38.1 Å². The first-order valence-electron chi connectivity index (χ1n) is 7.81. The van der Waals surface area contributed by atoms with Gasteiger partial charge in [0.1, 0.15) is 10.6 Å². The van der Waals surface area contributed by atoms with Crippen molar-refractivity contribution in [3.05, 3.63) is 64.7 Å². The quantitative estimate of drug-likeness (QED) is 0.694. The number of carbonyl (C=O) groups excluding carboxylic acids is 1. The summed E-state index contributed by atoms with van der Waals surface area (Å²) in [6.45, 7) is 3.87. The van der Waals surface area contributed by atoms with Crippen LogP contribution in [0.4, 0.5) is 16.5 Å². The lowest BCUT2D eigenvalue weighted by Gasteiger charge is -2.05. The fourth-order valence-corrected chi connectivity index (χ4v) is 3.17. The van der Waals surface area contributed by atoms with E-state index >= 15 is 0 Å². The lowest BCUT2D eigenvalue weighted by atomic mass is 10.2. The molecule has 1 aromatic heterocycles. The Hall–Kier alpha value is -2.86. The molecule has 3 aromatic rings. The van der Waals surface area contributed by atoms with Gasteiger partial charge in [-0.1, -0.05) is 29.0 Å². The number of amides is 1. The maximum absolute atomic E-state index is 12.5. The minimum absolute atomic E-state index is 0.169. The molecule has 2 N–H and O–H groups in total. The number of hydrogen-bond donors (Lipinski definition) is 2. The van der Waals surface area contributed by atoms with E-state index in [0.29, 0.717) is 21.4 Å². The van der Waals surface area contributed by atoms with Gasteiger partial charge < -0.3 is 15.4 Å². The Kier molecular flexibility index (Phi) is 5.00. The molecule has 0 radical (unpaired) electrons. The van der Waals surface area contributed by atoms with Gasteiger partial charge in [-0.25, -0.2) is 4.98 Å². The lowest BCUT2D eigenvalue weighted by molar-refractivity contribution is 0.103. The smallest absolute Gasteiger partial charge is 0.267 e. The number of nitrogens with zero attached hydrogens (tertiary/aromatic N) is 1. The van der Waals surface area contributed by atoms with Crippen molar-refractivity contribution in [1.29, 1.82) is 0 Å². The number of aryl methyl sites for hydroxylation is 2. The third-order valence-electron chi connectivity index (χ3n) is 3.65. The molecule has 1 amide bonds. The lowest BCUT2D eigenvalue weighted by Crippen LogP contribution is -2.11. The molecule has 6 heteroatoms. The zero-order valence-electron chi connectivity index (χ0n) is 14.3. The fraction of sp³-hybridized carbons (Fsp3) is 0.158. The number of methoxy groups -OCH3 is 1. The minimum Gasteiger partial charge on any atom is -0.497 e. The molecule has 3 rings (SSSR count). The summed E-state index contributed by atoms with van der Waals surface area (Å²) in [6.07, 6.45) is 0. The van der Waals surface area contributed by atoms with Crippen molar-refractivity contribution in [3.8, 4) is 5.75 Å². The van der Waals surface area contributed by atoms with Crippen LogP contribution in [0.15, 0.2) is 48.5 Å². The van der Waals surface area contributed by atoms with Gasteiger partial charge in [0, 0.05) is 11.4 Å². The highest BCUT2D eigenvalue weighted by Crippen LogP contribution is 2.27. The van der Waals surface area contributed by atoms with E-state index in [4.69, 9.17) is 4.74 Å². The van der Waals surface area contributed by atoms with Crippen LogP contribution in [0.25, 0.3) is 0 Å². The predicted molar refractivity (Wildman–Crippen MR) is 102 cm³/mol. The van der Waals surface area contributed by atoms with Gasteiger partial charge in [0.05, 0.1) is 12.8 Å². The minimum atomic E-state index is -0.169. The first kappa shape index (κ1) is 17.0. The number of thiazole rings is 1. The van der Waals surface area contributed by atoms with Crippen LogP contribution in [0.1, 0.15) is 20.9 Å². The highest BCUT2D eigenvalue weighted by atomic mass is 32.1. The number of anilines is 3. The Balaban J connectivity index is 1.72. The summed E-state index contributed by atoms with van der Waals surface area (Å²) in [4.78, 5) is 17.5. The van der Waals surface area contributed by atoms with Crippen molar-refractivity contribution in [2.75, 3.05) is 17.7 Å². The molecule has 0 atom stereocenters. The summed E-state index contributed by atoms with van der Waals surface area (Å²) in [5.41, 5.74) is 3.55. The zero-order valence-corrected chi connectivity index (χ0v) is 15.1. The number of ether oxygens (including phenoxy) is 1. The number of aromatic nitrogens is 1. The highest BCUT2D eigenvalue weighted by Gasteiger charge is 2.15. The van der Waals surface area contributed by atoms with Gasteiger partial charge in [-0.15, -0.1) is 0 Å². The van der Waals surface area contributed by atoms with Crippen LogP contribution in [-0.2, 0) is 0 Å². The largest absolute Gasteiger partial charge is 0.497 e. The van der Waals surface area contributed by atoms with Gasteiger partial charge in [0.25, 0.3) is 5.91 Å². The highest BCUT2D eigenvalue weighted by molar-refractivity contribution is 7.17.